The van der Waals surface area contributed by atoms with E-state index in [-0.39, 0.29) is 12.5 Å². The number of hydrogen-bond acceptors (Lipinski definition) is 8. The smallest absolute Gasteiger partial charge is 0.256 e. The van der Waals surface area contributed by atoms with Crippen LogP contribution in [0.2, 0.25) is 5.02 Å². The first kappa shape index (κ1) is 24.1. The largest absolute Gasteiger partial charge is 0.394 e. The van der Waals surface area contributed by atoms with Gasteiger partial charge in [-0.3, -0.25) is 9.48 Å². The molecule has 4 aromatic rings. The minimum Gasteiger partial charge on any atom is -0.394 e. The van der Waals surface area contributed by atoms with Crippen molar-refractivity contribution in [2.45, 2.75) is 25.4 Å². The number of anilines is 2. The molecule has 6 rings (SSSR count). The van der Waals surface area contributed by atoms with Gasteiger partial charge in [0.25, 0.3) is 5.91 Å². The highest BCUT2D eigenvalue weighted by Crippen LogP contribution is 2.54. The molecule has 37 heavy (non-hydrogen) atoms. The molecular weight excluding hydrogens is 512 g/mol. The molecule has 0 radical (unpaired) electrons. The molecule has 2 aliphatic rings. The number of benzene rings is 1. The number of nitrogens with zero attached hydrogens (tertiary/aromatic N) is 5. The van der Waals surface area contributed by atoms with E-state index in [1.165, 1.54) is 0 Å². The number of amides is 1. The van der Waals surface area contributed by atoms with Gasteiger partial charge in [0, 0.05) is 28.7 Å². The van der Waals surface area contributed by atoms with E-state index in [1.54, 1.807) is 39.2 Å². The molecule has 0 bridgehead atoms. The number of halogens is 1. The van der Waals surface area contributed by atoms with Crippen molar-refractivity contribution < 1.29 is 14.6 Å². The summed E-state index contributed by atoms with van der Waals surface area (Å²) in [6.45, 7) is 4.40. The van der Waals surface area contributed by atoms with Crippen molar-refractivity contribution in [2.24, 2.45) is 7.05 Å². The average Bonchev–Trinajstić information content (AvgIpc) is 3.47. The number of nitrogens with one attached hydrogen (secondary N) is 1. The van der Waals surface area contributed by atoms with Crippen LogP contribution in [-0.4, -0.2) is 55.5 Å². The van der Waals surface area contributed by atoms with Crippen LogP contribution < -0.4 is 5.32 Å². The molecule has 190 valence electrons. The Hall–Kier alpha value is -3.31. The summed E-state index contributed by atoms with van der Waals surface area (Å²) in [5.41, 5.74) is 3.25. The van der Waals surface area contributed by atoms with Crippen molar-refractivity contribution in [3.63, 3.8) is 0 Å². The lowest BCUT2D eigenvalue weighted by Gasteiger charge is -2.48. The Kier molecular flexibility index (Phi) is 5.79. The lowest BCUT2D eigenvalue weighted by atomic mass is 9.92. The summed E-state index contributed by atoms with van der Waals surface area (Å²) in [5.74, 6) is 1.12. The van der Waals surface area contributed by atoms with Gasteiger partial charge >= 0.3 is 0 Å². The molecule has 1 fully saturated rings. The van der Waals surface area contributed by atoms with Crippen molar-refractivity contribution in [1.29, 1.82) is 0 Å². The Morgan fingerprint density at radius 2 is 2.05 bits per heavy atom. The Labute approximate surface area is 222 Å². The van der Waals surface area contributed by atoms with Crippen molar-refractivity contribution in [2.75, 3.05) is 25.1 Å². The van der Waals surface area contributed by atoms with E-state index in [0.717, 1.165) is 38.1 Å². The Bertz CT molecular complexity index is 1530. The molecule has 1 spiro atoms. The monoisotopic (exact) mass is 536 g/mol. The van der Waals surface area contributed by atoms with E-state index in [0.29, 0.717) is 29.7 Å². The third kappa shape index (κ3) is 3.74. The molecule has 11 heteroatoms. The van der Waals surface area contributed by atoms with Crippen LogP contribution in [-0.2, 0) is 17.3 Å². The number of aliphatic hydroxyl groups excluding tert-OH is 1. The van der Waals surface area contributed by atoms with Crippen LogP contribution in [0.15, 0.2) is 42.6 Å². The molecule has 2 aliphatic heterocycles. The molecule has 1 amide bonds. The lowest BCUT2D eigenvalue weighted by Crippen LogP contribution is -2.58. The second kappa shape index (κ2) is 8.91. The first-order valence-corrected chi connectivity index (χ1v) is 13.0. The maximum Gasteiger partial charge on any atom is 0.256 e. The van der Waals surface area contributed by atoms with Crippen molar-refractivity contribution in [1.82, 2.24) is 24.6 Å². The summed E-state index contributed by atoms with van der Waals surface area (Å²) in [4.78, 5) is 27.0. The predicted molar refractivity (Wildman–Crippen MR) is 141 cm³/mol. The molecule has 9 nitrogen and oxygen atoms in total. The quantitative estimate of drug-likeness (QED) is 0.377. The van der Waals surface area contributed by atoms with Gasteiger partial charge in [-0.2, -0.15) is 5.10 Å². The predicted octanol–water partition coefficient (Wildman–Crippen LogP) is 4.37. The zero-order valence-corrected chi connectivity index (χ0v) is 22.1. The minimum atomic E-state index is -0.631. The second-order valence-electron chi connectivity index (χ2n) is 9.40. The van der Waals surface area contributed by atoms with Crippen LogP contribution in [0.1, 0.15) is 38.1 Å². The average molecular weight is 537 g/mol. The van der Waals surface area contributed by atoms with Gasteiger partial charge in [-0.1, -0.05) is 23.7 Å². The summed E-state index contributed by atoms with van der Waals surface area (Å²) in [6, 6.07) is 10.5. The minimum absolute atomic E-state index is 0.115. The first-order chi connectivity index (χ1) is 17.8. The topological polar surface area (TPSA) is 105 Å². The fourth-order valence-corrected chi connectivity index (χ4v) is 6.79. The van der Waals surface area contributed by atoms with Crippen molar-refractivity contribution >= 4 is 40.6 Å². The second-order valence-corrected chi connectivity index (χ2v) is 10.9. The summed E-state index contributed by atoms with van der Waals surface area (Å²) < 4.78 is 7.38. The van der Waals surface area contributed by atoms with Gasteiger partial charge in [-0.25, -0.2) is 9.97 Å². The highest BCUT2D eigenvalue weighted by molar-refractivity contribution is 7.16. The maximum atomic E-state index is 14.0. The molecular formula is C26H25ClN6O3S. The molecule has 2 N–H and O–H groups in total. The number of rotatable bonds is 6. The molecule has 1 aromatic carbocycles. The molecule has 1 atom stereocenters. The van der Waals surface area contributed by atoms with E-state index < -0.39 is 11.6 Å². The number of aromatic nitrogens is 4. The number of carbonyl (C=O) groups is 1. The summed E-state index contributed by atoms with van der Waals surface area (Å²) in [7, 11) is 1.84. The zero-order chi connectivity index (χ0) is 25.9. The highest BCUT2D eigenvalue weighted by Gasteiger charge is 2.59. The third-order valence-corrected chi connectivity index (χ3v) is 8.75. The fourth-order valence-electron chi connectivity index (χ4n) is 5.17. The van der Waals surface area contributed by atoms with Gasteiger partial charge in [0.2, 0.25) is 5.95 Å². The van der Waals surface area contributed by atoms with Crippen molar-refractivity contribution in [3.8, 4) is 10.6 Å². The first-order valence-electron chi connectivity index (χ1n) is 11.8. The van der Waals surface area contributed by atoms with Crippen LogP contribution in [0.25, 0.3) is 10.6 Å². The number of ether oxygens (including phenoxy) is 1. The molecule has 0 aliphatic carbocycles. The summed E-state index contributed by atoms with van der Waals surface area (Å²) in [5, 5.41) is 18.4. The third-order valence-electron chi connectivity index (χ3n) is 7.01. The summed E-state index contributed by atoms with van der Waals surface area (Å²) in [6.07, 6.45) is 1.70. The van der Waals surface area contributed by atoms with Crippen LogP contribution in [0, 0.1) is 13.8 Å². The number of aliphatic hydroxyl groups is 1. The molecule has 5 heterocycles. The van der Waals surface area contributed by atoms with Crippen LogP contribution in [0.5, 0.6) is 0 Å². The highest BCUT2D eigenvalue weighted by atomic mass is 35.5. The van der Waals surface area contributed by atoms with E-state index in [4.69, 9.17) is 21.3 Å². The Morgan fingerprint density at radius 1 is 1.24 bits per heavy atom. The lowest BCUT2D eigenvalue weighted by molar-refractivity contribution is -0.139. The standard InChI is InChI=1S/C26H25ClN6O3S/c1-14-9-18(30-25(29-14)31-20-7-8-28-32(20)3)22-15(2)21-23(37-22)26(12-36-13-26)33(24(21)35)19(11-34)16-5-4-6-17(27)10-16/h4-10,19,34H,11-13H2,1-3H3,(H,29,30,31). The Morgan fingerprint density at radius 3 is 2.70 bits per heavy atom. The van der Waals surface area contributed by atoms with E-state index in [2.05, 4.69) is 15.4 Å². The summed E-state index contributed by atoms with van der Waals surface area (Å²) >= 11 is 7.80. The maximum absolute atomic E-state index is 14.0. The van der Waals surface area contributed by atoms with Crippen LogP contribution >= 0.6 is 22.9 Å². The molecule has 1 saturated heterocycles. The fraction of sp³-hybridized carbons (Fsp3) is 0.308. The van der Waals surface area contributed by atoms with E-state index >= 15 is 0 Å². The van der Waals surface area contributed by atoms with Gasteiger partial charge < -0.3 is 20.1 Å². The zero-order valence-electron chi connectivity index (χ0n) is 20.5. The molecule has 0 saturated carbocycles. The van der Waals surface area contributed by atoms with Gasteiger partial charge in [0.15, 0.2) is 0 Å². The number of hydrogen-bond donors (Lipinski definition) is 2. The van der Waals surface area contributed by atoms with E-state index in [1.807, 2.05) is 45.2 Å². The molecule has 3 aromatic heterocycles. The van der Waals surface area contributed by atoms with Gasteiger partial charge in [-0.15, -0.1) is 11.3 Å². The SMILES string of the molecule is Cc1cc(-c2sc3c(c2C)C(=O)N(C(CO)c2cccc(Cl)c2)C32COC2)nc(Nc2ccnn2C)n1. The van der Waals surface area contributed by atoms with Crippen LogP contribution in [0.4, 0.5) is 11.8 Å². The molecule has 1 unspecified atom stereocenters. The number of thiophene rings is 1. The van der Waals surface area contributed by atoms with Gasteiger partial charge in [0.05, 0.1) is 48.2 Å². The van der Waals surface area contributed by atoms with Crippen LogP contribution in [0.3, 0.4) is 0 Å². The number of carbonyl (C=O) groups excluding carboxylic acids is 1. The Balaban J connectivity index is 1.41. The van der Waals surface area contributed by atoms with Gasteiger partial charge in [-0.05, 0) is 43.2 Å². The van der Waals surface area contributed by atoms with Gasteiger partial charge in [0.1, 0.15) is 11.4 Å². The van der Waals surface area contributed by atoms with Crippen molar-refractivity contribution in [3.05, 3.63) is 74.9 Å². The normalized spacial score (nSPS) is 16.7. The number of aryl methyl sites for hydroxylation is 2. The van der Waals surface area contributed by atoms with E-state index in [9.17, 15) is 9.90 Å². The number of fused-ring (bicyclic) bond motifs is 2.